The predicted molar refractivity (Wildman–Crippen MR) is 88.4 cm³/mol. The molecule has 1 aliphatic rings. The van der Waals surface area contributed by atoms with Crippen LogP contribution in [0.25, 0.3) is 0 Å². The van der Waals surface area contributed by atoms with E-state index in [9.17, 15) is 4.79 Å². The second-order valence-electron chi connectivity index (χ2n) is 4.84. The van der Waals surface area contributed by atoms with Gasteiger partial charge in [-0.1, -0.05) is 48.5 Å². The van der Waals surface area contributed by atoms with Crippen LogP contribution in [0, 0.1) is 0 Å². The Morgan fingerprint density at radius 3 is 2.35 bits per heavy atom. The summed E-state index contributed by atoms with van der Waals surface area (Å²) >= 11 is 0. The zero-order valence-electron chi connectivity index (χ0n) is 12.6. The Kier molecular flexibility index (Phi) is 5.22. The summed E-state index contributed by atoms with van der Waals surface area (Å²) in [7, 11) is 0. The van der Waals surface area contributed by atoms with E-state index in [2.05, 4.69) is 10.3 Å². The first-order valence-corrected chi connectivity index (χ1v) is 6.97. The number of aliphatic imine (C=N–C) groups is 1. The van der Waals surface area contributed by atoms with E-state index < -0.39 is 12.1 Å². The van der Waals surface area contributed by atoms with Crippen LogP contribution in [0.15, 0.2) is 59.6 Å². The van der Waals surface area contributed by atoms with Gasteiger partial charge in [0.25, 0.3) is 11.9 Å². The second kappa shape index (κ2) is 7.33. The molecule has 0 unspecified atom stereocenters. The van der Waals surface area contributed by atoms with Crippen LogP contribution in [0.2, 0.25) is 0 Å². The van der Waals surface area contributed by atoms with Gasteiger partial charge in [0.2, 0.25) is 0 Å². The average molecular weight is 311 g/mol. The molecule has 23 heavy (non-hydrogen) atoms. The molecular weight excluding hydrogens is 294 g/mol. The van der Waals surface area contributed by atoms with E-state index in [0.29, 0.717) is 0 Å². The van der Waals surface area contributed by atoms with Crippen LogP contribution in [0.5, 0.6) is 0 Å². The molecule has 2 aromatic rings. The SMILES string of the molecule is CC(=O)O.N[C@H]1N=C(c2ccccc2)c2ccccc2NC1=O. The van der Waals surface area contributed by atoms with Crippen LogP contribution in [0.4, 0.5) is 5.69 Å². The molecule has 0 aliphatic carbocycles. The van der Waals surface area contributed by atoms with E-state index >= 15 is 0 Å². The number of hydrogen-bond donors (Lipinski definition) is 3. The fourth-order valence-corrected chi connectivity index (χ4v) is 2.10. The van der Waals surface area contributed by atoms with Crippen LogP contribution >= 0.6 is 0 Å². The Bertz CT molecular complexity index is 738. The number of benzodiazepines with no additional fused rings is 1. The second-order valence-corrected chi connectivity index (χ2v) is 4.84. The van der Waals surface area contributed by atoms with Crippen LogP contribution in [-0.2, 0) is 9.59 Å². The van der Waals surface area contributed by atoms with Crippen molar-refractivity contribution in [3.8, 4) is 0 Å². The van der Waals surface area contributed by atoms with Gasteiger partial charge in [0.05, 0.1) is 11.4 Å². The molecule has 0 saturated heterocycles. The van der Waals surface area contributed by atoms with Gasteiger partial charge in [-0.05, 0) is 6.07 Å². The highest BCUT2D eigenvalue weighted by molar-refractivity contribution is 6.19. The van der Waals surface area contributed by atoms with Crippen molar-refractivity contribution in [3.63, 3.8) is 0 Å². The zero-order chi connectivity index (χ0) is 16.8. The number of amides is 1. The molecule has 1 atom stereocenters. The number of benzene rings is 2. The summed E-state index contributed by atoms with van der Waals surface area (Å²) in [5, 5.41) is 10.2. The first-order chi connectivity index (χ1) is 11.0. The molecule has 0 radical (unpaired) electrons. The number of carboxylic acids is 1. The molecule has 0 saturated carbocycles. The van der Waals surface area contributed by atoms with Gasteiger partial charge in [-0.25, -0.2) is 0 Å². The van der Waals surface area contributed by atoms with Crippen molar-refractivity contribution in [3.05, 3.63) is 65.7 Å². The number of nitrogens with zero attached hydrogens (tertiary/aromatic N) is 1. The van der Waals surface area contributed by atoms with E-state index in [1.165, 1.54) is 0 Å². The van der Waals surface area contributed by atoms with Crippen molar-refractivity contribution in [2.24, 2.45) is 10.7 Å². The summed E-state index contributed by atoms with van der Waals surface area (Å²) in [4.78, 5) is 25.2. The first-order valence-electron chi connectivity index (χ1n) is 6.97. The molecule has 1 aliphatic heterocycles. The first kappa shape index (κ1) is 16.4. The van der Waals surface area contributed by atoms with Gasteiger partial charge >= 0.3 is 0 Å². The van der Waals surface area contributed by atoms with Gasteiger partial charge in [0.1, 0.15) is 0 Å². The number of hydrogen-bond acceptors (Lipinski definition) is 4. The summed E-state index contributed by atoms with van der Waals surface area (Å²) in [6.45, 7) is 1.08. The summed E-state index contributed by atoms with van der Waals surface area (Å²) in [6, 6.07) is 17.3. The molecule has 3 rings (SSSR count). The standard InChI is InChI=1S/C15H13N3O.C2H4O2/c16-14-15(19)17-12-9-5-4-8-11(12)13(18-14)10-6-2-1-3-7-10;1-2(3)4/h1-9,14H,16H2,(H,17,19);1H3,(H,3,4)/t14-;/m0./s1. The molecule has 118 valence electrons. The number of rotatable bonds is 1. The van der Waals surface area contributed by atoms with Crippen molar-refractivity contribution in [2.75, 3.05) is 5.32 Å². The smallest absolute Gasteiger partial charge is 0.300 e. The molecule has 0 spiro atoms. The maximum Gasteiger partial charge on any atom is 0.300 e. The Balaban J connectivity index is 0.000000433. The number of anilines is 1. The minimum absolute atomic E-state index is 0.293. The Morgan fingerprint density at radius 1 is 1.13 bits per heavy atom. The van der Waals surface area contributed by atoms with Crippen molar-refractivity contribution in [1.82, 2.24) is 0 Å². The van der Waals surface area contributed by atoms with Gasteiger partial charge in [0, 0.05) is 18.1 Å². The molecule has 1 heterocycles. The highest BCUT2D eigenvalue weighted by Crippen LogP contribution is 2.22. The normalized spacial score (nSPS) is 16.0. The van der Waals surface area contributed by atoms with Gasteiger partial charge in [-0.15, -0.1) is 0 Å². The van der Waals surface area contributed by atoms with Crippen molar-refractivity contribution in [1.29, 1.82) is 0 Å². The number of carboxylic acid groups (broad SMARTS) is 1. The molecular formula is C17H17N3O3. The average Bonchev–Trinajstić information content (AvgIpc) is 2.65. The number of para-hydroxylation sites is 1. The van der Waals surface area contributed by atoms with E-state index in [1.54, 1.807) is 0 Å². The summed E-state index contributed by atoms with van der Waals surface area (Å²) in [5.41, 5.74) is 9.09. The number of carbonyl (C=O) groups is 2. The number of carbonyl (C=O) groups excluding carboxylic acids is 1. The van der Waals surface area contributed by atoms with Crippen molar-refractivity contribution < 1.29 is 14.7 Å². The quantitative estimate of drug-likeness (QED) is 0.747. The molecule has 0 bridgehead atoms. The monoisotopic (exact) mass is 311 g/mol. The Hall–Kier alpha value is -2.99. The fourth-order valence-electron chi connectivity index (χ4n) is 2.10. The van der Waals surface area contributed by atoms with Crippen molar-refractivity contribution >= 4 is 23.3 Å². The molecule has 2 aromatic carbocycles. The third-order valence-electron chi connectivity index (χ3n) is 3.02. The minimum atomic E-state index is -0.886. The fraction of sp³-hybridized carbons (Fsp3) is 0.118. The molecule has 4 N–H and O–H groups in total. The number of nitrogens with one attached hydrogen (secondary N) is 1. The van der Waals surface area contributed by atoms with Crippen molar-refractivity contribution in [2.45, 2.75) is 13.1 Å². The number of fused-ring (bicyclic) bond motifs is 1. The highest BCUT2D eigenvalue weighted by Gasteiger charge is 2.22. The largest absolute Gasteiger partial charge is 0.481 e. The molecule has 0 aromatic heterocycles. The van der Waals surface area contributed by atoms with Gasteiger partial charge < -0.3 is 16.2 Å². The lowest BCUT2D eigenvalue weighted by atomic mass is 10.0. The van der Waals surface area contributed by atoms with E-state index in [4.69, 9.17) is 15.6 Å². The molecule has 0 fully saturated rings. The van der Waals surface area contributed by atoms with E-state index in [1.807, 2.05) is 54.6 Å². The topological polar surface area (TPSA) is 105 Å². The van der Waals surface area contributed by atoms with Crippen LogP contribution in [-0.4, -0.2) is 28.9 Å². The third-order valence-corrected chi connectivity index (χ3v) is 3.02. The Morgan fingerprint density at radius 2 is 1.70 bits per heavy atom. The summed E-state index contributed by atoms with van der Waals surface area (Å²) in [6.07, 6.45) is -0.886. The lowest BCUT2D eigenvalue weighted by molar-refractivity contribution is -0.134. The number of aliphatic carboxylic acids is 1. The van der Waals surface area contributed by atoms with E-state index in [0.717, 1.165) is 29.4 Å². The van der Waals surface area contributed by atoms with Crippen LogP contribution in [0.1, 0.15) is 18.1 Å². The van der Waals surface area contributed by atoms with Crippen LogP contribution in [0.3, 0.4) is 0 Å². The lowest BCUT2D eigenvalue weighted by Gasteiger charge is -2.09. The molecule has 6 nitrogen and oxygen atoms in total. The highest BCUT2D eigenvalue weighted by atomic mass is 16.4. The molecule has 1 amide bonds. The minimum Gasteiger partial charge on any atom is -0.481 e. The number of nitrogens with two attached hydrogens (primary N) is 1. The summed E-state index contributed by atoms with van der Waals surface area (Å²) in [5.74, 6) is -1.13. The van der Waals surface area contributed by atoms with E-state index in [-0.39, 0.29) is 5.91 Å². The summed E-state index contributed by atoms with van der Waals surface area (Å²) < 4.78 is 0. The third kappa shape index (κ3) is 4.24. The predicted octanol–water partition coefficient (Wildman–Crippen LogP) is 1.85. The van der Waals surface area contributed by atoms with Gasteiger partial charge in [-0.2, -0.15) is 0 Å². The molecule has 6 heteroatoms. The Labute approximate surface area is 133 Å². The maximum absolute atomic E-state index is 11.8. The van der Waals surface area contributed by atoms with Gasteiger partial charge in [0.15, 0.2) is 6.17 Å². The lowest BCUT2D eigenvalue weighted by Crippen LogP contribution is -2.33. The van der Waals surface area contributed by atoms with Crippen LogP contribution < -0.4 is 11.1 Å². The zero-order valence-corrected chi connectivity index (χ0v) is 12.6. The van der Waals surface area contributed by atoms with Gasteiger partial charge in [-0.3, -0.25) is 14.6 Å². The maximum atomic E-state index is 11.8.